The van der Waals surface area contributed by atoms with Gasteiger partial charge in [0.2, 0.25) is 10.9 Å². The maximum atomic E-state index is 15.8. The van der Waals surface area contributed by atoms with Gasteiger partial charge >= 0.3 is 5.97 Å². The highest BCUT2D eigenvalue weighted by Crippen LogP contribution is 2.77. The average molecular weight is 501 g/mol. The first kappa shape index (κ1) is 23.2. The molecule has 4 aliphatic carbocycles. The first-order chi connectivity index (χ1) is 16.6. The molecule has 9 atom stereocenters. The molecule has 1 aromatic heterocycles. The molecule has 6 rings (SSSR count). The summed E-state index contributed by atoms with van der Waals surface area (Å²) in [7, 11) is 0. The normalized spacial score (nSPS) is 47.2. The topological polar surface area (TPSA) is 86.1 Å². The van der Waals surface area contributed by atoms with Crippen molar-refractivity contribution in [2.45, 2.75) is 69.9 Å². The third-order valence-electron chi connectivity index (χ3n) is 10.1. The Morgan fingerprint density at radius 2 is 2.06 bits per heavy atom. The van der Waals surface area contributed by atoms with E-state index in [0.29, 0.717) is 24.8 Å². The third-order valence-corrected chi connectivity index (χ3v) is 10.4. The van der Waals surface area contributed by atoms with E-state index in [1.165, 1.54) is 24.5 Å². The quantitative estimate of drug-likeness (QED) is 0.368. The summed E-state index contributed by atoms with van der Waals surface area (Å²) in [6, 6.07) is 3.08. The number of ether oxygens (including phenoxy) is 2. The molecule has 1 aliphatic heterocycles. The highest BCUT2D eigenvalue weighted by Gasteiger charge is 2.84. The standard InChI is InChI=1S/C27H29FO6S/c1-4-25-8-7-15(29)11-18(25)19(28)12-17-16-10-14(2)26(23(31)35,34-22(30)20-6-5-9-32-20)24(16,3)13-21-27(17,25)33-21/h5-9,11,14,16-17,19,21H,4,10,12-13H2,1-3H3,(H,31,35)/t14-,16?,17?,19+,21+,24+,25+,26+,27-/m1/s1. The number of epoxide rings is 1. The molecule has 0 bridgehead atoms. The molecule has 0 amide bonds. The first-order valence-corrected chi connectivity index (χ1v) is 12.8. The van der Waals surface area contributed by atoms with Gasteiger partial charge in [0.25, 0.3) is 0 Å². The van der Waals surface area contributed by atoms with Gasteiger partial charge in [-0.25, -0.2) is 9.18 Å². The zero-order chi connectivity index (χ0) is 25.0. The second kappa shape index (κ2) is 7.19. The molecular weight excluding hydrogens is 471 g/mol. The SMILES string of the molecule is CC[C@]12C=CC(=O)C=C1[C@@H](F)CC1C3C[C@@H](C)[C@](OC(=O)c4ccco4)(C(=O)S)[C@@]3(C)C[C@@H]3O[C@]132. The predicted octanol–water partition coefficient (Wildman–Crippen LogP) is 4.65. The molecule has 0 aromatic carbocycles. The van der Waals surface area contributed by atoms with E-state index in [2.05, 4.69) is 12.6 Å². The molecule has 0 N–H and O–H groups in total. The predicted molar refractivity (Wildman–Crippen MR) is 126 cm³/mol. The van der Waals surface area contributed by atoms with Crippen molar-refractivity contribution in [1.29, 1.82) is 0 Å². The van der Waals surface area contributed by atoms with E-state index < -0.39 is 39.3 Å². The van der Waals surface area contributed by atoms with E-state index in [1.54, 1.807) is 6.07 Å². The number of esters is 1. The molecule has 1 saturated heterocycles. The van der Waals surface area contributed by atoms with Gasteiger partial charge in [0.05, 0.1) is 12.4 Å². The minimum Gasteiger partial charge on any atom is -0.457 e. The largest absolute Gasteiger partial charge is 0.457 e. The first-order valence-electron chi connectivity index (χ1n) is 12.3. The molecule has 5 aliphatic rings. The molecule has 0 radical (unpaired) electrons. The van der Waals surface area contributed by atoms with Gasteiger partial charge in [-0.3, -0.25) is 9.59 Å². The molecule has 6 nitrogen and oxygen atoms in total. The van der Waals surface area contributed by atoms with Crippen LogP contribution in [0.5, 0.6) is 0 Å². The molecule has 1 aromatic rings. The summed E-state index contributed by atoms with van der Waals surface area (Å²) in [5, 5.41) is -0.510. The van der Waals surface area contributed by atoms with Crippen LogP contribution in [-0.2, 0) is 19.1 Å². The summed E-state index contributed by atoms with van der Waals surface area (Å²) in [4.78, 5) is 38.5. The number of allylic oxidation sites excluding steroid dienone is 2. The fourth-order valence-corrected chi connectivity index (χ4v) is 9.18. The molecule has 4 fully saturated rings. The van der Waals surface area contributed by atoms with Crippen molar-refractivity contribution in [3.8, 4) is 0 Å². The lowest BCUT2D eigenvalue weighted by Gasteiger charge is -2.57. The number of carbonyl (C=O) groups excluding carboxylic acids is 3. The van der Waals surface area contributed by atoms with Crippen LogP contribution in [0.2, 0.25) is 0 Å². The van der Waals surface area contributed by atoms with Gasteiger partial charge in [-0.15, -0.1) is 12.6 Å². The van der Waals surface area contributed by atoms with Crippen LogP contribution in [-0.4, -0.2) is 40.3 Å². The summed E-state index contributed by atoms with van der Waals surface area (Å²) in [5.41, 5.74) is -3.10. The number of carbonyl (C=O) groups is 3. The van der Waals surface area contributed by atoms with Crippen LogP contribution >= 0.6 is 12.6 Å². The van der Waals surface area contributed by atoms with Crippen molar-refractivity contribution in [2.24, 2.45) is 28.6 Å². The maximum absolute atomic E-state index is 15.8. The van der Waals surface area contributed by atoms with Gasteiger partial charge in [0.15, 0.2) is 11.4 Å². The van der Waals surface area contributed by atoms with Crippen LogP contribution in [0.1, 0.15) is 57.0 Å². The number of furan rings is 1. The van der Waals surface area contributed by atoms with Gasteiger partial charge < -0.3 is 13.9 Å². The van der Waals surface area contributed by atoms with E-state index in [1.807, 2.05) is 26.8 Å². The van der Waals surface area contributed by atoms with Crippen LogP contribution < -0.4 is 0 Å². The van der Waals surface area contributed by atoms with Crippen LogP contribution in [0.4, 0.5) is 4.39 Å². The Bertz CT molecular complexity index is 1190. The number of halogens is 1. The number of fused-ring (bicyclic) bond motifs is 3. The fourth-order valence-electron chi connectivity index (χ4n) is 8.66. The van der Waals surface area contributed by atoms with Crippen molar-refractivity contribution in [2.75, 3.05) is 0 Å². The maximum Gasteiger partial charge on any atom is 0.375 e. The molecule has 1 spiro atoms. The number of rotatable bonds is 4. The van der Waals surface area contributed by atoms with Gasteiger partial charge in [-0.2, -0.15) is 0 Å². The summed E-state index contributed by atoms with van der Waals surface area (Å²) < 4.78 is 33.6. The van der Waals surface area contributed by atoms with E-state index in [-0.39, 0.29) is 41.8 Å². The number of ketones is 1. The van der Waals surface area contributed by atoms with Crippen LogP contribution in [0.15, 0.2) is 46.6 Å². The van der Waals surface area contributed by atoms with Crippen LogP contribution in [0.3, 0.4) is 0 Å². The van der Waals surface area contributed by atoms with Gasteiger partial charge in [0, 0.05) is 16.7 Å². The van der Waals surface area contributed by atoms with Crippen molar-refractivity contribution in [1.82, 2.24) is 0 Å². The third kappa shape index (κ3) is 2.57. The fraction of sp³-hybridized carbons (Fsp3) is 0.593. The number of hydrogen-bond acceptors (Lipinski definition) is 6. The Morgan fingerprint density at radius 3 is 2.71 bits per heavy atom. The van der Waals surface area contributed by atoms with Gasteiger partial charge in [-0.1, -0.05) is 26.8 Å². The number of thiol groups is 1. The Balaban J connectivity index is 1.45. The number of hydrogen-bond donors (Lipinski definition) is 1. The van der Waals surface area contributed by atoms with Crippen molar-refractivity contribution in [3.05, 3.63) is 48.0 Å². The molecular formula is C27H29FO6S. The van der Waals surface area contributed by atoms with E-state index >= 15 is 4.39 Å². The molecule has 2 unspecified atom stereocenters. The summed E-state index contributed by atoms with van der Waals surface area (Å²) in [6.45, 7) is 5.88. The minimum absolute atomic E-state index is 0.0178. The lowest BCUT2D eigenvalue weighted by atomic mass is 9.45. The molecule has 35 heavy (non-hydrogen) atoms. The lowest BCUT2D eigenvalue weighted by molar-refractivity contribution is -0.156. The minimum atomic E-state index is -1.50. The summed E-state index contributed by atoms with van der Waals surface area (Å²) in [5.74, 6) is -1.55. The smallest absolute Gasteiger partial charge is 0.375 e. The zero-order valence-corrected chi connectivity index (χ0v) is 20.8. The Morgan fingerprint density at radius 1 is 1.29 bits per heavy atom. The lowest BCUT2D eigenvalue weighted by Crippen LogP contribution is -2.64. The van der Waals surface area contributed by atoms with Gasteiger partial charge in [0.1, 0.15) is 11.8 Å². The Hall–Kier alpha value is -2.19. The molecule has 3 saturated carbocycles. The Labute approximate surface area is 208 Å². The number of alkyl halides is 1. The van der Waals surface area contributed by atoms with E-state index in [0.717, 1.165) is 0 Å². The summed E-state index contributed by atoms with van der Waals surface area (Å²) >= 11 is 4.26. The van der Waals surface area contributed by atoms with Crippen molar-refractivity contribution in [3.63, 3.8) is 0 Å². The highest BCUT2D eigenvalue weighted by molar-refractivity contribution is 7.96. The van der Waals surface area contributed by atoms with Gasteiger partial charge in [-0.05, 0) is 67.4 Å². The zero-order valence-electron chi connectivity index (χ0n) is 20.0. The van der Waals surface area contributed by atoms with Crippen molar-refractivity contribution >= 4 is 29.5 Å². The average Bonchev–Trinajstić information content (AvgIpc) is 3.18. The summed E-state index contributed by atoms with van der Waals surface area (Å²) in [6.07, 6.45) is 6.57. The van der Waals surface area contributed by atoms with Crippen LogP contribution in [0.25, 0.3) is 0 Å². The second-order valence-corrected chi connectivity index (χ2v) is 11.5. The van der Waals surface area contributed by atoms with E-state index in [4.69, 9.17) is 13.9 Å². The molecule has 8 heteroatoms. The van der Waals surface area contributed by atoms with Crippen LogP contribution in [0, 0.1) is 28.6 Å². The van der Waals surface area contributed by atoms with Crippen molar-refractivity contribution < 1.29 is 32.7 Å². The Kier molecular flexibility index (Phi) is 4.77. The molecule has 186 valence electrons. The molecule has 2 heterocycles. The second-order valence-electron chi connectivity index (χ2n) is 11.1. The monoisotopic (exact) mass is 500 g/mol. The highest BCUT2D eigenvalue weighted by atomic mass is 32.1. The van der Waals surface area contributed by atoms with E-state index in [9.17, 15) is 14.4 Å².